The summed E-state index contributed by atoms with van der Waals surface area (Å²) in [6, 6.07) is 4.38. The molecule has 1 aromatic carbocycles. The number of nitrogens with one attached hydrogen (secondary N) is 1. The van der Waals surface area contributed by atoms with Crippen molar-refractivity contribution in [2.24, 2.45) is 0 Å². The highest BCUT2D eigenvalue weighted by atomic mass is 35.5. The maximum atomic E-state index is 13.1. The third-order valence-electron chi connectivity index (χ3n) is 3.67. The van der Waals surface area contributed by atoms with E-state index in [2.05, 4.69) is 20.8 Å². The minimum atomic E-state index is -0.519. The molecule has 2 aromatic rings. The summed E-state index contributed by atoms with van der Waals surface area (Å²) < 4.78 is 14.9. The number of halogens is 2. The third-order valence-corrected chi connectivity index (χ3v) is 4.89. The predicted octanol–water partition coefficient (Wildman–Crippen LogP) is 3.31. The first-order valence-corrected chi connectivity index (χ1v) is 8.65. The smallest absolute Gasteiger partial charge is 0.234 e. The lowest BCUT2D eigenvalue weighted by Gasteiger charge is -2.10. The molecule has 122 valence electrons. The summed E-state index contributed by atoms with van der Waals surface area (Å²) in [5, 5.41) is 15.0. The first-order valence-electron chi connectivity index (χ1n) is 7.29. The van der Waals surface area contributed by atoms with E-state index >= 15 is 0 Å². The van der Waals surface area contributed by atoms with E-state index in [1.807, 2.05) is 0 Å². The van der Waals surface area contributed by atoms with Crippen molar-refractivity contribution in [2.75, 3.05) is 11.1 Å². The molecule has 9 heteroatoms. The summed E-state index contributed by atoms with van der Waals surface area (Å²) in [5.74, 6) is -0.573. The third kappa shape index (κ3) is 4.00. The van der Waals surface area contributed by atoms with Crippen molar-refractivity contribution in [3.63, 3.8) is 0 Å². The van der Waals surface area contributed by atoms with Crippen LogP contribution >= 0.6 is 23.4 Å². The number of rotatable bonds is 5. The molecule has 6 nitrogen and oxygen atoms in total. The fourth-order valence-electron chi connectivity index (χ4n) is 2.56. The molecule has 1 N–H and O–H groups in total. The van der Waals surface area contributed by atoms with Crippen LogP contribution in [-0.2, 0) is 4.79 Å². The number of thioether (sulfide) groups is 1. The van der Waals surface area contributed by atoms with E-state index in [-0.39, 0.29) is 16.7 Å². The number of aromatic nitrogens is 4. The van der Waals surface area contributed by atoms with Gasteiger partial charge in [0.05, 0.1) is 16.8 Å². The first kappa shape index (κ1) is 16.2. The van der Waals surface area contributed by atoms with Gasteiger partial charge in [-0.25, -0.2) is 9.07 Å². The summed E-state index contributed by atoms with van der Waals surface area (Å²) in [6.45, 7) is 0. The number of anilines is 1. The van der Waals surface area contributed by atoms with E-state index in [9.17, 15) is 9.18 Å². The van der Waals surface area contributed by atoms with Gasteiger partial charge in [0.1, 0.15) is 5.82 Å². The Balaban J connectivity index is 1.57. The zero-order valence-electron chi connectivity index (χ0n) is 12.2. The number of benzene rings is 1. The highest BCUT2D eigenvalue weighted by Gasteiger charge is 2.22. The highest BCUT2D eigenvalue weighted by Crippen LogP contribution is 2.31. The Bertz CT molecular complexity index is 704. The molecule has 0 aliphatic heterocycles. The second-order valence-corrected chi connectivity index (χ2v) is 6.66. The standard InChI is InChI=1S/C14H15ClFN5OS/c15-11-7-9(5-6-12(11)16)17-13(22)8-23-14-18-19-20-21(14)10-3-1-2-4-10/h5-7,10H,1-4,8H2,(H,17,22). The average molecular weight is 356 g/mol. The summed E-state index contributed by atoms with van der Waals surface area (Å²) >= 11 is 6.97. The maximum absolute atomic E-state index is 13.1. The van der Waals surface area contributed by atoms with Crippen LogP contribution in [0.2, 0.25) is 5.02 Å². The molecule has 0 unspecified atom stereocenters. The number of hydrogen-bond donors (Lipinski definition) is 1. The highest BCUT2D eigenvalue weighted by molar-refractivity contribution is 7.99. The molecule has 23 heavy (non-hydrogen) atoms. The Hall–Kier alpha value is -1.67. The second-order valence-electron chi connectivity index (χ2n) is 5.31. The Morgan fingerprint density at radius 3 is 2.96 bits per heavy atom. The number of amides is 1. The molecule has 0 saturated heterocycles. The van der Waals surface area contributed by atoms with E-state index in [1.165, 1.54) is 42.8 Å². The number of carbonyl (C=O) groups is 1. The maximum Gasteiger partial charge on any atom is 0.234 e. The molecule has 1 amide bonds. The normalized spacial score (nSPS) is 15.0. The summed E-state index contributed by atoms with van der Waals surface area (Å²) in [7, 11) is 0. The molecule has 1 aliphatic carbocycles. The Labute approximate surface area is 141 Å². The van der Waals surface area contributed by atoms with Crippen molar-refractivity contribution in [1.29, 1.82) is 0 Å². The minimum Gasteiger partial charge on any atom is -0.325 e. The van der Waals surface area contributed by atoms with Gasteiger partial charge in [-0.15, -0.1) is 5.10 Å². The van der Waals surface area contributed by atoms with E-state index in [4.69, 9.17) is 11.6 Å². The molecular weight excluding hydrogens is 341 g/mol. The van der Waals surface area contributed by atoms with Crippen LogP contribution in [-0.4, -0.2) is 31.9 Å². The Morgan fingerprint density at radius 1 is 1.43 bits per heavy atom. The SMILES string of the molecule is O=C(CSc1nnnn1C1CCCC1)Nc1ccc(F)c(Cl)c1. The van der Waals surface area contributed by atoms with Crippen molar-refractivity contribution in [2.45, 2.75) is 36.9 Å². The summed E-state index contributed by atoms with van der Waals surface area (Å²) in [5.41, 5.74) is 0.456. The topological polar surface area (TPSA) is 72.7 Å². The van der Waals surface area contributed by atoms with Gasteiger partial charge in [-0.05, 0) is 41.5 Å². The lowest BCUT2D eigenvalue weighted by Crippen LogP contribution is -2.15. The molecule has 1 heterocycles. The molecule has 1 aromatic heterocycles. The number of carbonyl (C=O) groups excluding carboxylic acids is 1. The summed E-state index contributed by atoms with van der Waals surface area (Å²) in [6.07, 6.45) is 4.50. The van der Waals surface area contributed by atoms with Gasteiger partial charge in [0, 0.05) is 5.69 Å². The zero-order valence-corrected chi connectivity index (χ0v) is 13.8. The lowest BCUT2D eigenvalue weighted by atomic mass is 10.3. The van der Waals surface area contributed by atoms with Gasteiger partial charge >= 0.3 is 0 Å². The van der Waals surface area contributed by atoms with Crippen molar-refractivity contribution < 1.29 is 9.18 Å². The van der Waals surface area contributed by atoms with Gasteiger partial charge in [-0.2, -0.15) is 0 Å². The van der Waals surface area contributed by atoms with Crippen LogP contribution in [0.25, 0.3) is 0 Å². The van der Waals surface area contributed by atoms with Gasteiger partial charge in [0.2, 0.25) is 11.1 Å². The van der Waals surface area contributed by atoms with E-state index in [0.717, 1.165) is 12.8 Å². The molecule has 0 radical (unpaired) electrons. The monoisotopic (exact) mass is 355 g/mol. The molecular formula is C14H15ClFN5OS. The van der Waals surface area contributed by atoms with Crippen LogP contribution in [0.1, 0.15) is 31.7 Å². The van der Waals surface area contributed by atoms with Crippen molar-refractivity contribution >= 4 is 35.0 Å². The number of tetrazole rings is 1. The van der Waals surface area contributed by atoms with Crippen molar-refractivity contribution in [3.8, 4) is 0 Å². The molecule has 3 rings (SSSR count). The van der Waals surface area contributed by atoms with Crippen LogP contribution in [0.4, 0.5) is 10.1 Å². The van der Waals surface area contributed by atoms with Crippen LogP contribution in [0.3, 0.4) is 0 Å². The predicted molar refractivity (Wildman–Crippen MR) is 86.1 cm³/mol. The van der Waals surface area contributed by atoms with Gasteiger partial charge in [-0.1, -0.05) is 36.2 Å². The van der Waals surface area contributed by atoms with Gasteiger partial charge in [-0.3, -0.25) is 4.79 Å². The van der Waals surface area contributed by atoms with E-state index in [0.29, 0.717) is 16.9 Å². The summed E-state index contributed by atoms with van der Waals surface area (Å²) in [4.78, 5) is 12.0. The largest absolute Gasteiger partial charge is 0.325 e. The second kappa shape index (κ2) is 7.27. The average Bonchev–Trinajstić information content (AvgIpc) is 3.19. The van der Waals surface area contributed by atoms with E-state index in [1.54, 1.807) is 4.68 Å². The first-order chi connectivity index (χ1) is 11.1. The van der Waals surface area contributed by atoms with Crippen LogP contribution < -0.4 is 5.32 Å². The zero-order chi connectivity index (χ0) is 16.2. The minimum absolute atomic E-state index is 0.0272. The number of hydrogen-bond acceptors (Lipinski definition) is 5. The Morgan fingerprint density at radius 2 is 2.22 bits per heavy atom. The van der Waals surface area contributed by atoms with Crippen LogP contribution in [0, 0.1) is 5.82 Å². The van der Waals surface area contributed by atoms with E-state index < -0.39 is 5.82 Å². The fourth-order valence-corrected chi connectivity index (χ4v) is 3.48. The molecule has 0 bridgehead atoms. The van der Waals surface area contributed by atoms with Gasteiger partial charge < -0.3 is 5.32 Å². The van der Waals surface area contributed by atoms with Crippen molar-refractivity contribution in [1.82, 2.24) is 20.2 Å². The Kier molecular flexibility index (Phi) is 5.12. The molecule has 1 saturated carbocycles. The van der Waals surface area contributed by atoms with Crippen molar-refractivity contribution in [3.05, 3.63) is 29.0 Å². The van der Waals surface area contributed by atoms with Crippen LogP contribution in [0.15, 0.2) is 23.4 Å². The molecule has 0 spiro atoms. The van der Waals surface area contributed by atoms with Crippen LogP contribution in [0.5, 0.6) is 0 Å². The molecule has 1 fully saturated rings. The van der Waals surface area contributed by atoms with Gasteiger partial charge in [0.25, 0.3) is 0 Å². The van der Waals surface area contributed by atoms with Gasteiger partial charge in [0.15, 0.2) is 0 Å². The molecule has 1 aliphatic rings. The number of nitrogens with zero attached hydrogens (tertiary/aromatic N) is 4. The molecule has 0 atom stereocenters. The lowest BCUT2D eigenvalue weighted by molar-refractivity contribution is -0.113. The fraction of sp³-hybridized carbons (Fsp3) is 0.429. The quantitative estimate of drug-likeness (QED) is 0.833.